The summed E-state index contributed by atoms with van der Waals surface area (Å²) in [5.74, 6) is 2.85. The largest absolute Gasteiger partial charge is 0.248 e. The normalized spacial score (nSPS) is 11.6. The average molecular weight is 94.1 g/mol. The molecule has 4 N–H and O–H groups in total. The molecule has 0 spiro atoms. The molecule has 0 aromatic carbocycles. The second-order valence-corrected chi connectivity index (χ2v) is 2.34. The zero-order valence-corrected chi connectivity index (χ0v) is 3.49. The Morgan fingerprint density at radius 3 is 1.60 bits per heavy atom. The molecular formula is CH6N2OS. The molecule has 0 rings (SSSR count). The monoisotopic (exact) mass is 94.0 g/mol. The van der Waals surface area contributed by atoms with Gasteiger partial charge in [0.05, 0.1) is 9.89 Å². The van der Waals surface area contributed by atoms with E-state index in [0.29, 0.717) is 0 Å². The van der Waals surface area contributed by atoms with Crippen molar-refractivity contribution in [1.82, 2.24) is 0 Å². The molecule has 0 saturated carbocycles. The van der Waals surface area contributed by atoms with Gasteiger partial charge in [-0.25, -0.2) is 14.5 Å². The maximum Gasteiger partial charge on any atom is 0.0800 e. The summed E-state index contributed by atoms with van der Waals surface area (Å²) in [5.41, 5.74) is 0. The molecule has 0 aliphatic rings. The Labute approximate surface area is 31.2 Å². The molecule has 0 aliphatic carbocycles. The van der Waals surface area contributed by atoms with Gasteiger partial charge in [0.25, 0.3) is 0 Å². The van der Waals surface area contributed by atoms with E-state index in [0.717, 1.165) is 0 Å². The lowest BCUT2D eigenvalue weighted by atomic mass is 12.0. The van der Waals surface area contributed by atoms with E-state index in [4.69, 9.17) is 0 Å². The van der Waals surface area contributed by atoms with Gasteiger partial charge in [0, 0.05) is 0 Å². The molecule has 3 nitrogen and oxygen atoms in total. The van der Waals surface area contributed by atoms with Crippen molar-refractivity contribution < 1.29 is 4.21 Å². The Bertz CT molecular complexity index is 92.8. The first-order chi connectivity index (χ1) is 2.00. The average Bonchev–Trinajstić information content (AvgIpc) is 0.722. The predicted molar refractivity (Wildman–Crippen MR) is 23.6 cm³/mol. The third-order valence-corrected chi connectivity index (χ3v) is 0. The van der Waals surface area contributed by atoms with E-state index in [9.17, 15) is 4.21 Å². The minimum Gasteiger partial charge on any atom is -0.248 e. The molecule has 0 aliphatic heterocycles. The van der Waals surface area contributed by atoms with Crippen molar-refractivity contribution in [2.24, 2.45) is 10.3 Å². The quantitative estimate of drug-likeness (QED) is 0.350. The third-order valence-electron chi connectivity index (χ3n) is 0. The number of hydrogen-bond donors (Lipinski definition) is 2. The number of nitrogens with two attached hydrogens (primary N) is 2. The molecule has 0 unspecified atom stereocenters. The summed E-state index contributed by atoms with van der Waals surface area (Å²) in [4.78, 5) is 0. The molecular weight excluding hydrogens is 88.1 g/mol. The van der Waals surface area contributed by atoms with Crippen molar-refractivity contribution in [1.29, 1.82) is 0 Å². The van der Waals surface area contributed by atoms with Crippen LogP contribution < -0.4 is 10.3 Å². The van der Waals surface area contributed by atoms with Crippen LogP contribution in [0.4, 0.5) is 0 Å². The van der Waals surface area contributed by atoms with Crippen LogP contribution in [0.15, 0.2) is 0 Å². The topological polar surface area (TPSA) is 69.1 Å². The molecule has 0 radical (unpaired) electrons. The maximum atomic E-state index is 9.63. The van der Waals surface area contributed by atoms with E-state index >= 15 is 0 Å². The van der Waals surface area contributed by atoms with Crippen LogP contribution in [-0.4, -0.2) is 10.1 Å². The van der Waals surface area contributed by atoms with Crippen molar-refractivity contribution in [3.63, 3.8) is 0 Å². The van der Waals surface area contributed by atoms with Crippen molar-refractivity contribution in [3.8, 4) is 0 Å². The Balaban J connectivity index is 4.06. The molecule has 0 aromatic heterocycles. The van der Waals surface area contributed by atoms with Crippen LogP contribution >= 0.6 is 0 Å². The first-order valence-electron chi connectivity index (χ1n) is 0.927. The van der Waals surface area contributed by atoms with Crippen LogP contribution in [0.25, 0.3) is 0 Å². The second-order valence-electron chi connectivity index (χ2n) is 0.780. The van der Waals surface area contributed by atoms with Gasteiger partial charge < -0.3 is 0 Å². The summed E-state index contributed by atoms with van der Waals surface area (Å²) < 4.78 is 9.63. The number of hydrogen-bond acceptors (Lipinski definition) is 1. The number of rotatable bonds is 0. The molecule has 0 atom stereocenters. The van der Waals surface area contributed by atoms with Gasteiger partial charge in [-0.2, -0.15) is 0 Å². The van der Waals surface area contributed by atoms with Gasteiger partial charge in [-0.3, -0.25) is 0 Å². The molecule has 32 valence electrons. The summed E-state index contributed by atoms with van der Waals surface area (Å²) in [6.07, 6.45) is 0. The Morgan fingerprint density at radius 1 is 1.60 bits per heavy atom. The lowest BCUT2D eigenvalue weighted by Crippen LogP contribution is -2.21. The minimum atomic E-state index is -2.67. The van der Waals surface area contributed by atoms with Crippen molar-refractivity contribution in [2.75, 3.05) is 0 Å². The summed E-state index contributed by atoms with van der Waals surface area (Å²) in [5, 5.41) is 9.10. The first-order valence-corrected chi connectivity index (χ1v) is 2.78. The highest BCUT2D eigenvalue weighted by Gasteiger charge is 1.68. The van der Waals surface area contributed by atoms with E-state index in [1.165, 1.54) is 0 Å². The van der Waals surface area contributed by atoms with Crippen molar-refractivity contribution in [3.05, 3.63) is 0 Å². The minimum absolute atomic E-state index is 2.67. The van der Waals surface area contributed by atoms with Gasteiger partial charge >= 0.3 is 0 Å². The Morgan fingerprint density at radius 2 is 1.60 bits per heavy atom. The van der Waals surface area contributed by atoms with Gasteiger partial charge in [0.1, 0.15) is 0 Å². The Hall–Kier alpha value is -0.0600. The zero-order chi connectivity index (χ0) is 4.50. The first kappa shape index (κ1) is 4.94. The summed E-state index contributed by atoms with van der Waals surface area (Å²) in [6.45, 7) is 0. The summed E-state index contributed by atoms with van der Waals surface area (Å²) in [7, 11) is -2.67. The van der Waals surface area contributed by atoms with Crippen LogP contribution in [0.2, 0.25) is 0 Å². The maximum absolute atomic E-state index is 9.63. The van der Waals surface area contributed by atoms with Crippen LogP contribution in [0.5, 0.6) is 0 Å². The molecule has 0 saturated heterocycles. The summed E-state index contributed by atoms with van der Waals surface area (Å²) >= 11 is 0. The predicted octanol–water partition coefficient (Wildman–Crippen LogP) is -1.55. The van der Waals surface area contributed by atoms with Crippen LogP contribution in [0.1, 0.15) is 0 Å². The van der Waals surface area contributed by atoms with Crippen LogP contribution in [0.3, 0.4) is 0 Å². The zero-order valence-electron chi connectivity index (χ0n) is 2.68. The molecule has 0 aromatic rings. The van der Waals surface area contributed by atoms with Crippen molar-refractivity contribution >= 4 is 15.8 Å². The standard InChI is InChI=1S/CH6N2OS/c1-5(2,3)4/h1H2,(H4,2,3,4). The highest BCUT2D eigenvalue weighted by Crippen LogP contribution is 1.41. The second kappa shape index (κ2) is 0.965. The lowest BCUT2D eigenvalue weighted by Gasteiger charge is -1.80. The fraction of sp³-hybridized carbons (Fsp3) is 0. The van der Waals surface area contributed by atoms with Gasteiger partial charge in [-0.1, -0.05) is 0 Å². The Kier molecular flexibility index (Phi) is 0.954. The molecule has 4 heteroatoms. The highest BCUT2D eigenvalue weighted by molar-refractivity contribution is 7.96. The smallest absolute Gasteiger partial charge is 0.0800 e. The third kappa shape index (κ3) is 4120. The molecule has 5 heavy (non-hydrogen) atoms. The molecule has 0 fully saturated rings. The fourth-order valence-corrected chi connectivity index (χ4v) is 0. The summed E-state index contributed by atoms with van der Waals surface area (Å²) in [6, 6.07) is 0. The molecule has 0 heterocycles. The lowest BCUT2D eigenvalue weighted by molar-refractivity contribution is 0.683. The fourth-order valence-electron chi connectivity index (χ4n) is 0. The van der Waals surface area contributed by atoms with Crippen LogP contribution in [-0.2, 0) is 9.89 Å². The van der Waals surface area contributed by atoms with Gasteiger partial charge in [-0.05, 0) is 5.87 Å². The van der Waals surface area contributed by atoms with Gasteiger partial charge in [0.15, 0.2) is 0 Å². The van der Waals surface area contributed by atoms with Crippen molar-refractivity contribution in [2.45, 2.75) is 0 Å². The van der Waals surface area contributed by atoms with E-state index < -0.39 is 9.89 Å². The molecule has 0 amide bonds. The van der Waals surface area contributed by atoms with E-state index in [2.05, 4.69) is 16.1 Å². The van der Waals surface area contributed by atoms with Gasteiger partial charge in [-0.15, -0.1) is 0 Å². The van der Waals surface area contributed by atoms with E-state index in [-0.39, 0.29) is 0 Å². The van der Waals surface area contributed by atoms with E-state index in [1.54, 1.807) is 0 Å². The van der Waals surface area contributed by atoms with Gasteiger partial charge in [0.2, 0.25) is 0 Å². The highest BCUT2D eigenvalue weighted by atomic mass is 32.2. The van der Waals surface area contributed by atoms with E-state index in [1.807, 2.05) is 0 Å². The van der Waals surface area contributed by atoms with Crippen LogP contribution in [0, 0.1) is 0 Å². The molecule has 0 bridgehead atoms. The SMILES string of the molecule is C=S(N)(N)=O.